The van der Waals surface area contributed by atoms with Crippen molar-refractivity contribution in [3.63, 3.8) is 0 Å². The maximum absolute atomic E-state index is 3.47. The van der Waals surface area contributed by atoms with Gasteiger partial charge in [0.15, 0.2) is 0 Å². The third-order valence-electron chi connectivity index (χ3n) is 3.06. The predicted molar refractivity (Wildman–Crippen MR) is 54.5 cm³/mol. The predicted octanol–water partition coefficient (Wildman–Crippen LogP) is 2.29. The summed E-state index contributed by atoms with van der Waals surface area (Å²) in [4.78, 5) is 0. The van der Waals surface area contributed by atoms with Gasteiger partial charge in [-0.2, -0.15) is 0 Å². The second-order valence-electron chi connectivity index (χ2n) is 3.89. The molecule has 1 aliphatic carbocycles. The molecular weight excluding hydrogens is 158 g/mol. The highest BCUT2D eigenvalue weighted by atomic mass is 14.9. The Morgan fingerprint density at radius 2 is 2.31 bits per heavy atom. The molecule has 0 spiro atoms. The van der Waals surface area contributed by atoms with Crippen LogP contribution < -0.4 is 5.32 Å². The van der Waals surface area contributed by atoms with E-state index in [1.807, 2.05) is 0 Å². The first-order valence-corrected chi connectivity index (χ1v) is 4.94. The van der Waals surface area contributed by atoms with Crippen molar-refractivity contribution >= 4 is 6.08 Å². The molecule has 0 amide bonds. The smallest absolute Gasteiger partial charge is 0.0208 e. The minimum absolute atomic E-state index is 0.727. The summed E-state index contributed by atoms with van der Waals surface area (Å²) in [6.07, 6.45) is 5.77. The normalized spacial score (nSPS) is 24.2. The first-order chi connectivity index (χ1) is 6.45. The molecule has 0 saturated carbocycles. The number of rotatable bonds is 0. The van der Waals surface area contributed by atoms with E-state index in [0.29, 0.717) is 0 Å². The largest absolute Gasteiger partial charge is 0.312 e. The van der Waals surface area contributed by atoms with Crippen molar-refractivity contribution < 1.29 is 0 Å². The van der Waals surface area contributed by atoms with Crippen LogP contribution in [-0.2, 0) is 6.54 Å². The number of nitrogens with one attached hydrogen (secondary N) is 1. The number of hydrogen-bond acceptors (Lipinski definition) is 1. The van der Waals surface area contributed by atoms with E-state index in [1.54, 1.807) is 5.56 Å². The van der Waals surface area contributed by atoms with E-state index in [-0.39, 0.29) is 0 Å². The number of allylic oxidation sites excluding steroid dienone is 1. The lowest BCUT2D eigenvalue weighted by Gasteiger charge is -2.29. The van der Waals surface area contributed by atoms with E-state index in [2.05, 4.69) is 35.7 Å². The maximum Gasteiger partial charge on any atom is 0.0208 e. The van der Waals surface area contributed by atoms with Gasteiger partial charge in [-0.05, 0) is 23.1 Å². The summed E-state index contributed by atoms with van der Waals surface area (Å²) in [5.41, 5.74) is 4.54. The van der Waals surface area contributed by atoms with Gasteiger partial charge in [-0.25, -0.2) is 0 Å². The van der Waals surface area contributed by atoms with Gasteiger partial charge in [-0.1, -0.05) is 30.4 Å². The van der Waals surface area contributed by atoms with Gasteiger partial charge < -0.3 is 5.32 Å². The van der Waals surface area contributed by atoms with E-state index in [0.717, 1.165) is 19.0 Å². The zero-order valence-corrected chi connectivity index (χ0v) is 7.59. The summed E-state index contributed by atoms with van der Waals surface area (Å²) >= 11 is 0. The fourth-order valence-corrected chi connectivity index (χ4v) is 2.47. The molecular formula is C12H13N. The molecule has 3 rings (SSSR count). The molecule has 1 heteroatoms. The minimum Gasteiger partial charge on any atom is -0.312 e. The summed E-state index contributed by atoms with van der Waals surface area (Å²) in [6, 6.07) is 6.64. The third kappa shape index (κ3) is 1.04. The van der Waals surface area contributed by atoms with Gasteiger partial charge in [-0.15, -0.1) is 0 Å². The van der Waals surface area contributed by atoms with Crippen molar-refractivity contribution in [2.45, 2.75) is 18.9 Å². The summed E-state index contributed by atoms with van der Waals surface area (Å²) < 4.78 is 0. The van der Waals surface area contributed by atoms with Crippen LogP contribution in [0.1, 0.15) is 29.0 Å². The highest BCUT2D eigenvalue weighted by molar-refractivity contribution is 5.60. The standard InChI is InChI=1S/C12H13N/c1-3-9-4-2-6-11-8-13-7-10(5-1)12(9)11/h1-5,11,13H,6-8H2. The zero-order valence-electron chi connectivity index (χ0n) is 7.59. The lowest BCUT2D eigenvalue weighted by molar-refractivity contribution is 0.541. The molecule has 2 aliphatic rings. The maximum atomic E-state index is 3.47. The van der Waals surface area contributed by atoms with Crippen LogP contribution >= 0.6 is 0 Å². The van der Waals surface area contributed by atoms with Gasteiger partial charge in [0.1, 0.15) is 0 Å². The molecule has 0 aromatic heterocycles. The van der Waals surface area contributed by atoms with Gasteiger partial charge in [0.25, 0.3) is 0 Å². The first-order valence-electron chi connectivity index (χ1n) is 4.94. The van der Waals surface area contributed by atoms with E-state index in [9.17, 15) is 0 Å². The van der Waals surface area contributed by atoms with Crippen LogP contribution in [-0.4, -0.2) is 6.54 Å². The molecule has 1 heterocycles. The fourth-order valence-electron chi connectivity index (χ4n) is 2.47. The molecule has 1 unspecified atom stereocenters. The summed E-state index contributed by atoms with van der Waals surface area (Å²) in [7, 11) is 0. The Morgan fingerprint density at radius 3 is 3.31 bits per heavy atom. The molecule has 0 saturated heterocycles. The Morgan fingerprint density at radius 1 is 1.31 bits per heavy atom. The van der Waals surface area contributed by atoms with E-state index >= 15 is 0 Å². The van der Waals surface area contributed by atoms with E-state index in [4.69, 9.17) is 0 Å². The van der Waals surface area contributed by atoms with Crippen LogP contribution in [0.15, 0.2) is 24.3 Å². The summed E-state index contributed by atoms with van der Waals surface area (Å²) in [6.45, 7) is 2.20. The molecule has 0 radical (unpaired) electrons. The lowest BCUT2D eigenvalue weighted by atomic mass is 9.82. The molecule has 1 aromatic rings. The van der Waals surface area contributed by atoms with Crippen LogP contribution in [0.4, 0.5) is 0 Å². The monoisotopic (exact) mass is 171 g/mol. The molecule has 1 aromatic carbocycles. The number of benzene rings is 1. The number of hydrogen-bond donors (Lipinski definition) is 1. The third-order valence-corrected chi connectivity index (χ3v) is 3.06. The molecule has 1 atom stereocenters. The molecule has 66 valence electrons. The van der Waals surface area contributed by atoms with Gasteiger partial charge >= 0.3 is 0 Å². The van der Waals surface area contributed by atoms with Crippen molar-refractivity contribution in [3.8, 4) is 0 Å². The van der Waals surface area contributed by atoms with Gasteiger partial charge in [-0.3, -0.25) is 0 Å². The Labute approximate surface area is 78.5 Å². The minimum atomic E-state index is 0.727. The highest BCUT2D eigenvalue weighted by Crippen LogP contribution is 2.34. The van der Waals surface area contributed by atoms with Gasteiger partial charge in [0.05, 0.1) is 0 Å². The molecule has 0 fully saturated rings. The highest BCUT2D eigenvalue weighted by Gasteiger charge is 2.22. The zero-order chi connectivity index (χ0) is 8.67. The molecule has 0 bridgehead atoms. The summed E-state index contributed by atoms with van der Waals surface area (Å²) in [5, 5.41) is 3.47. The topological polar surface area (TPSA) is 12.0 Å². The van der Waals surface area contributed by atoms with Gasteiger partial charge in [0, 0.05) is 19.0 Å². The van der Waals surface area contributed by atoms with Crippen molar-refractivity contribution in [1.29, 1.82) is 0 Å². The Kier molecular flexibility index (Phi) is 1.53. The Hall–Kier alpha value is -1.08. The lowest BCUT2D eigenvalue weighted by Crippen LogP contribution is -2.29. The van der Waals surface area contributed by atoms with E-state index in [1.165, 1.54) is 17.5 Å². The summed E-state index contributed by atoms with van der Waals surface area (Å²) in [5.74, 6) is 0.727. The second kappa shape index (κ2) is 2.71. The molecule has 1 aliphatic heterocycles. The van der Waals surface area contributed by atoms with Crippen molar-refractivity contribution in [1.82, 2.24) is 5.32 Å². The van der Waals surface area contributed by atoms with Crippen molar-refractivity contribution in [3.05, 3.63) is 41.0 Å². The quantitative estimate of drug-likeness (QED) is 0.631. The van der Waals surface area contributed by atoms with Crippen LogP contribution in [0.3, 0.4) is 0 Å². The molecule has 1 nitrogen and oxygen atoms in total. The average molecular weight is 171 g/mol. The fraction of sp³-hybridized carbons (Fsp3) is 0.333. The molecule has 1 N–H and O–H groups in total. The first kappa shape index (κ1) is 7.34. The average Bonchev–Trinajstić information content (AvgIpc) is 2.19. The Bertz CT molecular complexity index is 365. The van der Waals surface area contributed by atoms with Crippen molar-refractivity contribution in [2.24, 2.45) is 0 Å². The van der Waals surface area contributed by atoms with Crippen molar-refractivity contribution in [2.75, 3.05) is 6.54 Å². The van der Waals surface area contributed by atoms with Gasteiger partial charge in [0.2, 0.25) is 0 Å². The Balaban J connectivity index is 2.24. The SMILES string of the molecule is C1=Cc2cccc3c2C(C1)CNC3. The van der Waals surface area contributed by atoms with Crippen LogP contribution in [0.2, 0.25) is 0 Å². The van der Waals surface area contributed by atoms with E-state index < -0.39 is 0 Å². The second-order valence-corrected chi connectivity index (χ2v) is 3.89. The van der Waals surface area contributed by atoms with Crippen LogP contribution in [0, 0.1) is 0 Å². The molecule has 13 heavy (non-hydrogen) atoms. The van der Waals surface area contributed by atoms with Crippen LogP contribution in [0.25, 0.3) is 6.08 Å². The van der Waals surface area contributed by atoms with Crippen LogP contribution in [0.5, 0.6) is 0 Å².